The summed E-state index contributed by atoms with van der Waals surface area (Å²) in [6.45, 7) is -0.0721. The predicted molar refractivity (Wildman–Crippen MR) is 87.4 cm³/mol. The van der Waals surface area contributed by atoms with E-state index in [-0.39, 0.29) is 23.8 Å². The number of aromatic nitrogens is 2. The molecule has 0 aliphatic rings. The molecule has 0 aliphatic heterocycles. The molecule has 0 spiro atoms. The zero-order chi connectivity index (χ0) is 18.7. The average molecular weight is 382 g/mol. The smallest absolute Gasteiger partial charge is 0.343 e. The van der Waals surface area contributed by atoms with Crippen LogP contribution in [0.4, 0.5) is 13.2 Å². The van der Waals surface area contributed by atoms with Gasteiger partial charge >= 0.3 is 6.18 Å². The second-order valence-corrected chi connectivity index (χ2v) is 5.66. The highest BCUT2D eigenvalue weighted by Gasteiger charge is 2.30. The maximum absolute atomic E-state index is 12.5. The van der Waals surface area contributed by atoms with Crippen molar-refractivity contribution in [1.82, 2.24) is 15.5 Å². The minimum Gasteiger partial charge on any atom is -0.343 e. The fraction of sp³-hybridized carbons (Fsp3) is 0.118. The zero-order valence-electron chi connectivity index (χ0n) is 13.0. The van der Waals surface area contributed by atoms with Gasteiger partial charge in [0.2, 0.25) is 11.7 Å². The van der Waals surface area contributed by atoms with Gasteiger partial charge in [0.25, 0.3) is 5.91 Å². The Hall–Kier alpha value is -2.87. The van der Waals surface area contributed by atoms with Crippen LogP contribution >= 0.6 is 11.6 Å². The Morgan fingerprint density at radius 1 is 1.12 bits per heavy atom. The van der Waals surface area contributed by atoms with Crippen LogP contribution in [-0.2, 0) is 12.7 Å². The van der Waals surface area contributed by atoms with Crippen molar-refractivity contribution in [2.75, 3.05) is 0 Å². The fourth-order valence-electron chi connectivity index (χ4n) is 2.15. The molecule has 0 fully saturated rings. The lowest BCUT2D eigenvalue weighted by Gasteiger charge is -2.07. The van der Waals surface area contributed by atoms with Crippen molar-refractivity contribution in [3.05, 3.63) is 70.6 Å². The molecule has 1 amide bonds. The number of benzene rings is 2. The molecule has 0 unspecified atom stereocenters. The number of nitrogens with one attached hydrogen (secondary N) is 1. The zero-order valence-corrected chi connectivity index (χ0v) is 13.8. The van der Waals surface area contributed by atoms with Gasteiger partial charge in [0.1, 0.15) is 0 Å². The number of nitrogens with zero attached hydrogens (tertiary/aromatic N) is 2. The molecule has 134 valence electrons. The van der Waals surface area contributed by atoms with E-state index < -0.39 is 17.6 Å². The lowest BCUT2D eigenvalue weighted by Crippen LogP contribution is -2.23. The number of carbonyl (C=O) groups excluding carboxylic acids is 1. The Kier molecular flexibility index (Phi) is 4.94. The number of hydrogen-bond acceptors (Lipinski definition) is 4. The van der Waals surface area contributed by atoms with E-state index in [2.05, 4.69) is 15.5 Å². The SMILES string of the molecule is O=C(NCc1nc(-c2ccccc2Cl)no1)c1ccc(C(F)(F)F)cc1. The van der Waals surface area contributed by atoms with Gasteiger partial charge in [0.15, 0.2) is 0 Å². The molecule has 9 heteroatoms. The van der Waals surface area contributed by atoms with E-state index in [1.165, 1.54) is 0 Å². The molecule has 1 aromatic heterocycles. The molecule has 0 saturated heterocycles. The van der Waals surface area contributed by atoms with Gasteiger partial charge in [-0.2, -0.15) is 18.2 Å². The van der Waals surface area contributed by atoms with E-state index >= 15 is 0 Å². The molecule has 0 bridgehead atoms. The van der Waals surface area contributed by atoms with E-state index in [1.54, 1.807) is 24.3 Å². The van der Waals surface area contributed by atoms with Crippen molar-refractivity contribution in [2.45, 2.75) is 12.7 Å². The maximum Gasteiger partial charge on any atom is 0.416 e. The molecule has 0 atom stereocenters. The number of alkyl halides is 3. The molecule has 26 heavy (non-hydrogen) atoms. The van der Waals surface area contributed by atoms with Crippen LogP contribution in [-0.4, -0.2) is 16.0 Å². The highest BCUT2D eigenvalue weighted by atomic mass is 35.5. The molecular weight excluding hydrogens is 371 g/mol. The molecule has 0 saturated carbocycles. The minimum atomic E-state index is -4.45. The first kappa shape index (κ1) is 17.9. The van der Waals surface area contributed by atoms with Gasteiger partial charge in [-0.3, -0.25) is 4.79 Å². The van der Waals surface area contributed by atoms with E-state index in [0.29, 0.717) is 10.6 Å². The third-order valence-corrected chi connectivity index (χ3v) is 3.79. The van der Waals surface area contributed by atoms with Crippen LogP contribution in [0.1, 0.15) is 21.8 Å². The van der Waals surface area contributed by atoms with Gasteiger partial charge in [0.05, 0.1) is 17.1 Å². The largest absolute Gasteiger partial charge is 0.416 e. The van der Waals surface area contributed by atoms with Crippen molar-refractivity contribution < 1.29 is 22.5 Å². The predicted octanol–water partition coefficient (Wildman–Crippen LogP) is 4.34. The molecule has 2 aromatic carbocycles. The lowest BCUT2D eigenvalue weighted by atomic mass is 10.1. The van der Waals surface area contributed by atoms with Crippen molar-refractivity contribution >= 4 is 17.5 Å². The number of halogens is 4. The maximum atomic E-state index is 12.5. The Morgan fingerprint density at radius 3 is 2.46 bits per heavy atom. The summed E-state index contributed by atoms with van der Waals surface area (Å²) in [6.07, 6.45) is -4.45. The first-order valence-electron chi connectivity index (χ1n) is 7.37. The molecule has 1 heterocycles. The summed E-state index contributed by atoms with van der Waals surface area (Å²) in [5.74, 6) is -0.147. The van der Waals surface area contributed by atoms with Crippen molar-refractivity contribution in [3.63, 3.8) is 0 Å². The summed E-state index contributed by atoms with van der Waals surface area (Å²) in [4.78, 5) is 16.1. The first-order chi connectivity index (χ1) is 12.3. The summed E-state index contributed by atoms with van der Waals surface area (Å²) < 4.78 is 42.6. The third kappa shape index (κ3) is 4.02. The normalized spacial score (nSPS) is 11.4. The van der Waals surface area contributed by atoms with Crippen molar-refractivity contribution in [3.8, 4) is 11.4 Å². The summed E-state index contributed by atoms with van der Waals surface area (Å²) in [5, 5.41) is 6.75. The minimum absolute atomic E-state index is 0.0721. The second kappa shape index (κ2) is 7.17. The molecule has 3 rings (SSSR count). The number of amides is 1. The van der Waals surface area contributed by atoms with Gasteiger partial charge in [-0.05, 0) is 36.4 Å². The molecule has 0 radical (unpaired) electrons. The Balaban J connectivity index is 1.64. The van der Waals surface area contributed by atoms with Gasteiger partial charge in [-0.25, -0.2) is 0 Å². The topological polar surface area (TPSA) is 68.0 Å². The summed E-state index contributed by atoms with van der Waals surface area (Å²) in [7, 11) is 0. The molecule has 3 aromatic rings. The molecule has 0 aliphatic carbocycles. The van der Waals surface area contributed by atoms with Crippen LogP contribution in [0.5, 0.6) is 0 Å². The van der Waals surface area contributed by atoms with E-state index in [1.807, 2.05) is 0 Å². The van der Waals surface area contributed by atoms with Crippen molar-refractivity contribution in [1.29, 1.82) is 0 Å². The van der Waals surface area contributed by atoms with Gasteiger partial charge in [-0.1, -0.05) is 28.9 Å². The van der Waals surface area contributed by atoms with Crippen LogP contribution in [0.3, 0.4) is 0 Å². The number of carbonyl (C=O) groups is 1. The van der Waals surface area contributed by atoms with Crippen LogP contribution in [0.15, 0.2) is 53.1 Å². The van der Waals surface area contributed by atoms with E-state index in [4.69, 9.17) is 16.1 Å². The fourth-order valence-corrected chi connectivity index (χ4v) is 2.37. The average Bonchev–Trinajstić information content (AvgIpc) is 3.08. The van der Waals surface area contributed by atoms with E-state index in [0.717, 1.165) is 24.3 Å². The molecule has 5 nitrogen and oxygen atoms in total. The second-order valence-electron chi connectivity index (χ2n) is 5.25. The lowest BCUT2D eigenvalue weighted by molar-refractivity contribution is -0.137. The highest BCUT2D eigenvalue weighted by molar-refractivity contribution is 6.33. The molecule has 1 N–H and O–H groups in total. The third-order valence-electron chi connectivity index (χ3n) is 3.46. The monoisotopic (exact) mass is 381 g/mol. The van der Waals surface area contributed by atoms with Crippen LogP contribution in [0.25, 0.3) is 11.4 Å². The Bertz CT molecular complexity index is 924. The number of rotatable bonds is 4. The Labute approximate surface area is 150 Å². The Morgan fingerprint density at radius 2 is 1.81 bits per heavy atom. The summed E-state index contributed by atoms with van der Waals surface area (Å²) in [6, 6.07) is 10.8. The van der Waals surface area contributed by atoms with Gasteiger partial charge < -0.3 is 9.84 Å². The first-order valence-corrected chi connectivity index (χ1v) is 7.75. The number of hydrogen-bond donors (Lipinski definition) is 1. The van der Waals surface area contributed by atoms with Crippen LogP contribution in [0, 0.1) is 0 Å². The molecular formula is C17H11ClF3N3O2. The quantitative estimate of drug-likeness (QED) is 0.730. The standard InChI is InChI=1S/C17H11ClF3N3O2/c18-13-4-2-1-3-12(13)15-23-14(26-24-15)9-22-16(25)10-5-7-11(8-6-10)17(19,20)21/h1-8H,9H2,(H,22,25). The summed E-state index contributed by atoms with van der Waals surface area (Å²) in [5.41, 5.74) is -0.155. The summed E-state index contributed by atoms with van der Waals surface area (Å²) >= 11 is 6.05. The van der Waals surface area contributed by atoms with Crippen molar-refractivity contribution in [2.24, 2.45) is 0 Å². The van der Waals surface area contributed by atoms with E-state index in [9.17, 15) is 18.0 Å². The van der Waals surface area contributed by atoms with Crippen LogP contribution in [0.2, 0.25) is 5.02 Å². The van der Waals surface area contributed by atoms with Gasteiger partial charge in [0, 0.05) is 11.1 Å². The van der Waals surface area contributed by atoms with Crippen LogP contribution < -0.4 is 5.32 Å². The highest BCUT2D eigenvalue weighted by Crippen LogP contribution is 2.29. The van der Waals surface area contributed by atoms with Gasteiger partial charge in [-0.15, -0.1) is 0 Å².